The quantitative estimate of drug-likeness (QED) is 0.268. The number of nitrogens with zero attached hydrogens (tertiary/aromatic N) is 6. The van der Waals surface area contributed by atoms with E-state index in [-0.39, 0.29) is 16.8 Å². The lowest BCUT2D eigenvalue weighted by molar-refractivity contribution is -0.384. The Bertz CT molecular complexity index is 1200. The van der Waals surface area contributed by atoms with Gasteiger partial charge >= 0.3 is 0 Å². The Hall–Kier alpha value is -2.99. The maximum Gasteiger partial charge on any atom is 0.270 e. The number of thiazole rings is 1. The van der Waals surface area contributed by atoms with Crippen molar-refractivity contribution in [2.75, 3.05) is 23.3 Å². The van der Waals surface area contributed by atoms with Crippen LogP contribution in [0.15, 0.2) is 34.8 Å². The summed E-state index contributed by atoms with van der Waals surface area (Å²) in [5.41, 5.74) is 1.23. The Morgan fingerprint density at radius 2 is 2.06 bits per heavy atom. The molecule has 2 aromatic heterocycles. The number of carbonyl (C=O) groups is 1. The summed E-state index contributed by atoms with van der Waals surface area (Å²) in [4.78, 5) is 30.2. The molecule has 5 rings (SSSR count). The van der Waals surface area contributed by atoms with E-state index in [0.717, 1.165) is 37.0 Å². The van der Waals surface area contributed by atoms with Crippen LogP contribution in [0.25, 0.3) is 11.3 Å². The average molecular weight is 500 g/mol. The van der Waals surface area contributed by atoms with Crippen molar-refractivity contribution in [3.63, 3.8) is 0 Å². The number of rotatable bonds is 8. The Kier molecular flexibility index (Phi) is 6.50. The van der Waals surface area contributed by atoms with Crippen LogP contribution in [0, 0.1) is 10.1 Å². The minimum atomic E-state index is -0.436. The maximum absolute atomic E-state index is 12.9. The van der Waals surface area contributed by atoms with Crippen LogP contribution in [-0.4, -0.2) is 48.9 Å². The van der Waals surface area contributed by atoms with Crippen LogP contribution in [-0.2, 0) is 4.79 Å². The van der Waals surface area contributed by atoms with Gasteiger partial charge in [-0.1, -0.05) is 23.9 Å². The fourth-order valence-electron chi connectivity index (χ4n) is 3.97. The zero-order valence-electron chi connectivity index (χ0n) is 18.7. The monoisotopic (exact) mass is 499 g/mol. The standard InChI is InChI=1S/C22H25N7O3S2/c1-14(34-22-26-25-21(28(22)16-8-9-16)27-10-3-2-4-11-27)19(30)24-20-23-18(13-33-20)15-6-5-7-17(12-15)29(31)32/h5-7,12-14,16H,2-4,8-11H2,1H3,(H,23,24,30). The van der Waals surface area contributed by atoms with Gasteiger partial charge in [0.05, 0.1) is 15.9 Å². The van der Waals surface area contributed by atoms with Gasteiger partial charge in [0.25, 0.3) is 5.69 Å². The molecule has 178 valence electrons. The molecule has 3 aromatic rings. The van der Waals surface area contributed by atoms with Crippen LogP contribution in [0.5, 0.6) is 0 Å². The van der Waals surface area contributed by atoms with Crippen molar-refractivity contribution < 1.29 is 9.72 Å². The van der Waals surface area contributed by atoms with Crippen molar-refractivity contribution in [3.05, 3.63) is 39.8 Å². The maximum atomic E-state index is 12.9. The first-order valence-corrected chi connectivity index (χ1v) is 13.1. The summed E-state index contributed by atoms with van der Waals surface area (Å²) in [6, 6.07) is 6.72. The molecule has 1 atom stereocenters. The van der Waals surface area contributed by atoms with Gasteiger partial charge in [-0.3, -0.25) is 19.5 Å². The topological polar surface area (TPSA) is 119 Å². The third kappa shape index (κ3) is 4.92. The lowest BCUT2D eigenvalue weighted by Gasteiger charge is -2.28. The Labute approximate surface area is 204 Å². The molecule has 34 heavy (non-hydrogen) atoms. The molecule has 1 saturated carbocycles. The van der Waals surface area contributed by atoms with Gasteiger partial charge in [-0.05, 0) is 39.0 Å². The highest BCUT2D eigenvalue weighted by Gasteiger charge is 2.33. The fraction of sp³-hybridized carbons (Fsp3) is 0.455. The Balaban J connectivity index is 1.26. The van der Waals surface area contributed by atoms with Gasteiger partial charge in [-0.25, -0.2) is 4.98 Å². The molecule has 2 fully saturated rings. The zero-order valence-corrected chi connectivity index (χ0v) is 20.3. The van der Waals surface area contributed by atoms with E-state index in [4.69, 9.17) is 0 Å². The molecule has 1 N–H and O–H groups in total. The van der Waals surface area contributed by atoms with E-state index in [9.17, 15) is 14.9 Å². The van der Waals surface area contributed by atoms with E-state index in [2.05, 4.69) is 30.0 Å². The van der Waals surface area contributed by atoms with Gasteiger partial charge in [0.1, 0.15) is 0 Å². The first kappa shape index (κ1) is 22.8. The van der Waals surface area contributed by atoms with E-state index in [1.54, 1.807) is 17.5 Å². The number of hydrogen-bond acceptors (Lipinski definition) is 9. The number of piperidine rings is 1. The second-order valence-corrected chi connectivity index (χ2v) is 10.7. The van der Waals surface area contributed by atoms with Gasteiger partial charge in [0, 0.05) is 42.2 Å². The summed E-state index contributed by atoms with van der Waals surface area (Å²) >= 11 is 2.70. The van der Waals surface area contributed by atoms with Gasteiger partial charge in [-0.2, -0.15) is 0 Å². The number of amides is 1. The highest BCUT2D eigenvalue weighted by molar-refractivity contribution is 8.00. The van der Waals surface area contributed by atoms with E-state index in [1.165, 1.54) is 54.5 Å². The van der Waals surface area contributed by atoms with Gasteiger partial charge in [0.15, 0.2) is 10.3 Å². The number of nitro groups is 1. The summed E-state index contributed by atoms with van der Waals surface area (Å²) in [6.45, 7) is 3.85. The number of anilines is 2. The summed E-state index contributed by atoms with van der Waals surface area (Å²) in [5, 5.41) is 25.4. The van der Waals surface area contributed by atoms with Crippen LogP contribution in [0.1, 0.15) is 45.1 Å². The SMILES string of the molecule is CC(Sc1nnc(N2CCCCC2)n1C1CC1)C(=O)Nc1nc(-c2cccc([N+](=O)[O-])c2)cs1. The number of benzene rings is 1. The van der Waals surface area contributed by atoms with Crippen LogP contribution in [0.4, 0.5) is 16.8 Å². The molecule has 0 bridgehead atoms. The minimum absolute atomic E-state index is 0.00445. The molecule has 2 aliphatic rings. The number of thioether (sulfide) groups is 1. The number of non-ortho nitro benzene ring substituents is 1. The second kappa shape index (κ2) is 9.71. The Morgan fingerprint density at radius 1 is 1.26 bits per heavy atom. The molecule has 1 aromatic carbocycles. The molecule has 1 unspecified atom stereocenters. The molecule has 1 amide bonds. The lowest BCUT2D eigenvalue weighted by atomic mass is 10.1. The first-order valence-electron chi connectivity index (χ1n) is 11.4. The van der Waals surface area contributed by atoms with Crippen LogP contribution >= 0.6 is 23.1 Å². The normalized spacial score (nSPS) is 16.9. The van der Waals surface area contributed by atoms with Crippen molar-refractivity contribution in [2.24, 2.45) is 0 Å². The molecule has 1 aliphatic heterocycles. The molecule has 0 radical (unpaired) electrons. The molecule has 10 nitrogen and oxygen atoms in total. The van der Waals surface area contributed by atoms with E-state index < -0.39 is 4.92 Å². The predicted octanol–water partition coefficient (Wildman–Crippen LogP) is 4.75. The van der Waals surface area contributed by atoms with Crippen molar-refractivity contribution in [2.45, 2.75) is 55.5 Å². The molecule has 1 saturated heterocycles. The van der Waals surface area contributed by atoms with Crippen LogP contribution in [0.2, 0.25) is 0 Å². The molecule has 3 heterocycles. The van der Waals surface area contributed by atoms with Gasteiger partial charge in [0.2, 0.25) is 11.9 Å². The number of carbonyl (C=O) groups excluding carboxylic acids is 1. The number of hydrogen-bond donors (Lipinski definition) is 1. The molecular weight excluding hydrogens is 474 g/mol. The average Bonchev–Trinajstić information content (AvgIpc) is 3.43. The second-order valence-electron chi connectivity index (χ2n) is 8.53. The summed E-state index contributed by atoms with van der Waals surface area (Å²) in [7, 11) is 0. The smallest absolute Gasteiger partial charge is 0.270 e. The summed E-state index contributed by atoms with van der Waals surface area (Å²) in [6.07, 6.45) is 5.83. The lowest BCUT2D eigenvalue weighted by Crippen LogP contribution is -2.32. The van der Waals surface area contributed by atoms with Crippen molar-refractivity contribution in [1.82, 2.24) is 19.7 Å². The Morgan fingerprint density at radius 3 is 2.79 bits per heavy atom. The van der Waals surface area contributed by atoms with E-state index in [1.807, 2.05) is 6.92 Å². The summed E-state index contributed by atoms with van der Waals surface area (Å²) < 4.78 is 2.21. The van der Waals surface area contributed by atoms with Crippen molar-refractivity contribution >= 4 is 45.8 Å². The van der Waals surface area contributed by atoms with Crippen molar-refractivity contribution in [1.29, 1.82) is 0 Å². The minimum Gasteiger partial charge on any atom is -0.341 e. The van der Waals surface area contributed by atoms with Gasteiger partial charge in [-0.15, -0.1) is 21.5 Å². The third-order valence-electron chi connectivity index (χ3n) is 5.94. The largest absolute Gasteiger partial charge is 0.341 e. The zero-order chi connectivity index (χ0) is 23.7. The third-order valence-corrected chi connectivity index (χ3v) is 7.75. The predicted molar refractivity (Wildman–Crippen MR) is 133 cm³/mol. The summed E-state index contributed by atoms with van der Waals surface area (Å²) in [5.74, 6) is 0.758. The van der Waals surface area contributed by atoms with Crippen molar-refractivity contribution in [3.8, 4) is 11.3 Å². The molecular formula is C22H25N7O3S2. The van der Waals surface area contributed by atoms with Crippen LogP contribution in [0.3, 0.4) is 0 Å². The molecule has 1 aliphatic carbocycles. The highest BCUT2D eigenvalue weighted by Crippen LogP contribution is 2.42. The van der Waals surface area contributed by atoms with Gasteiger partial charge < -0.3 is 10.2 Å². The van der Waals surface area contributed by atoms with Crippen LogP contribution < -0.4 is 10.2 Å². The number of nitrogens with one attached hydrogen (secondary N) is 1. The van der Waals surface area contributed by atoms with E-state index in [0.29, 0.717) is 22.4 Å². The number of aromatic nitrogens is 4. The fourth-order valence-corrected chi connectivity index (χ4v) is 5.61. The molecule has 0 spiro atoms. The molecule has 12 heteroatoms. The van der Waals surface area contributed by atoms with E-state index >= 15 is 0 Å². The number of nitro benzene ring substituents is 1. The first-order chi connectivity index (χ1) is 16.5. The highest BCUT2D eigenvalue weighted by atomic mass is 32.2.